The van der Waals surface area contributed by atoms with Gasteiger partial charge in [0.1, 0.15) is 0 Å². The summed E-state index contributed by atoms with van der Waals surface area (Å²) in [5.74, 6) is -0.173. The summed E-state index contributed by atoms with van der Waals surface area (Å²) in [5, 5.41) is 8.78. The van der Waals surface area contributed by atoms with Crippen LogP contribution in [0.3, 0.4) is 0 Å². The first-order valence-electron chi connectivity index (χ1n) is 4.50. The molecule has 1 aromatic carbocycles. The van der Waals surface area contributed by atoms with Crippen molar-refractivity contribution >= 4 is 17.0 Å². The fraction of sp³-hybridized carbons (Fsp3) is 0.200. The number of rotatable bonds is 3. The van der Waals surface area contributed by atoms with Gasteiger partial charge in [0, 0.05) is 12.1 Å². The molecule has 0 saturated heterocycles. The fourth-order valence-electron chi connectivity index (χ4n) is 1.44. The van der Waals surface area contributed by atoms with Gasteiger partial charge in [-0.15, -0.1) is 0 Å². The van der Waals surface area contributed by atoms with E-state index in [0.717, 1.165) is 0 Å². The molecule has 0 unspecified atom stereocenters. The molecule has 0 aliphatic rings. The average molecular weight is 222 g/mol. The molecule has 6 heteroatoms. The first-order chi connectivity index (χ1) is 7.65. The first kappa shape index (κ1) is 10.3. The Balaban J connectivity index is 2.64. The Hall–Kier alpha value is -2.24. The number of aromatic carboxylic acids is 1. The van der Waals surface area contributed by atoms with Gasteiger partial charge in [-0.05, 0) is 0 Å². The minimum Gasteiger partial charge on any atom is -0.493 e. The third-order valence-electron chi connectivity index (χ3n) is 2.19. The molecule has 0 spiro atoms. The molecular formula is C10H10N2O4. The molecule has 16 heavy (non-hydrogen) atoms. The van der Waals surface area contributed by atoms with Gasteiger partial charge in [-0.3, -0.25) is 0 Å². The summed E-state index contributed by atoms with van der Waals surface area (Å²) in [7, 11) is 3.02. The number of nitrogens with zero attached hydrogens (tertiary/aromatic N) is 1. The molecule has 0 atom stereocenters. The number of carboxylic acid groups (broad SMARTS) is 1. The summed E-state index contributed by atoms with van der Waals surface area (Å²) in [5.41, 5.74) is 1.12. The number of carboxylic acids is 1. The average Bonchev–Trinajstić information content (AvgIpc) is 2.69. The normalized spacial score (nSPS) is 10.4. The number of H-pyrrole nitrogens is 1. The summed E-state index contributed by atoms with van der Waals surface area (Å²) in [6.07, 6.45) is 0. The van der Waals surface area contributed by atoms with Gasteiger partial charge in [-0.1, -0.05) is 0 Å². The molecule has 0 bridgehead atoms. The van der Waals surface area contributed by atoms with Crippen LogP contribution in [0.25, 0.3) is 11.0 Å². The lowest BCUT2D eigenvalue weighted by atomic mass is 10.3. The summed E-state index contributed by atoms with van der Waals surface area (Å²) in [4.78, 5) is 17.3. The molecule has 0 amide bonds. The predicted octanol–water partition coefficient (Wildman–Crippen LogP) is 1.28. The number of nitrogens with one attached hydrogen (secondary N) is 1. The monoisotopic (exact) mass is 222 g/mol. The highest BCUT2D eigenvalue weighted by molar-refractivity contribution is 5.90. The summed E-state index contributed by atoms with van der Waals surface area (Å²) < 4.78 is 10.2. The van der Waals surface area contributed by atoms with Crippen LogP contribution in [0.15, 0.2) is 12.1 Å². The Morgan fingerprint density at radius 2 is 1.94 bits per heavy atom. The van der Waals surface area contributed by atoms with Crippen molar-refractivity contribution < 1.29 is 19.4 Å². The van der Waals surface area contributed by atoms with Crippen molar-refractivity contribution in [3.63, 3.8) is 0 Å². The quantitative estimate of drug-likeness (QED) is 0.817. The van der Waals surface area contributed by atoms with E-state index in [1.807, 2.05) is 0 Å². The highest BCUT2D eigenvalue weighted by Gasteiger charge is 2.13. The summed E-state index contributed by atoms with van der Waals surface area (Å²) in [6, 6.07) is 3.27. The van der Waals surface area contributed by atoms with Gasteiger partial charge in [0.15, 0.2) is 11.5 Å². The van der Waals surface area contributed by atoms with Crippen LogP contribution in [0.1, 0.15) is 10.6 Å². The van der Waals surface area contributed by atoms with Gasteiger partial charge in [0.2, 0.25) is 5.82 Å². The van der Waals surface area contributed by atoms with Crippen LogP contribution in [0, 0.1) is 0 Å². The molecule has 0 radical (unpaired) electrons. The number of aromatic amines is 1. The van der Waals surface area contributed by atoms with E-state index in [4.69, 9.17) is 14.6 Å². The van der Waals surface area contributed by atoms with Crippen molar-refractivity contribution in [1.29, 1.82) is 0 Å². The lowest BCUT2D eigenvalue weighted by Crippen LogP contribution is -1.97. The van der Waals surface area contributed by atoms with Crippen LogP contribution in [0.4, 0.5) is 0 Å². The molecule has 1 heterocycles. The standard InChI is InChI=1S/C10H10N2O4/c1-15-7-3-5-6(4-8(7)16-2)12-9(11-5)10(13)14/h3-4H,1-2H3,(H,11,12)(H,13,14). The number of hydrogen-bond acceptors (Lipinski definition) is 4. The number of carbonyl (C=O) groups is 1. The first-order valence-corrected chi connectivity index (χ1v) is 4.50. The van der Waals surface area contributed by atoms with Crippen LogP contribution in [0.2, 0.25) is 0 Å². The maximum absolute atomic E-state index is 10.7. The van der Waals surface area contributed by atoms with Crippen molar-refractivity contribution in [2.75, 3.05) is 14.2 Å². The minimum atomic E-state index is -1.10. The van der Waals surface area contributed by atoms with E-state index in [9.17, 15) is 4.79 Å². The second-order valence-corrected chi connectivity index (χ2v) is 3.11. The van der Waals surface area contributed by atoms with E-state index >= 15 is 0 Å². The number of hydrogen-bond donors (Lipinski definition) is 2. The SMILES string of the molecule is COc1cc2nc(C(=O)O)[nH]c2cc1OC. The van der Waals surface area contributed by atoms with Crippen LogP contribution in [0.5, 0.6) is 11.5 Å². The maximum atomic E-state index is 10.7. The van der Waals surface area contributed by atoms with Gasteiger partial charge >= 0.3 is 5.97 Å². The molecule has 0 aliphatic carbocycles. The van der Waals surface area contributed by atoms with Gasteiger partial charge in [-0.2, -0.15) is 0 Å². The number of ether oxygens (including phenoxy) is 2. The van der Waals surface area contributed by atoms with Gasteiger partial charge in [0.05, 0.1) is 25.3 Å². The number of benzene rings is 1. The van der Waals surface area contributed by atoms with Crippen LogP contribution >= 0.6 is 0 Å². The Morgan fingerprint density at radius 3 is 2.50 bits per heavy atom. The van der Waals surface area contributed by atoms with E-state index in [-0.39, 0.29) is 5.82 Å². The fourth-order valence-corrected chi connectivity index (χ4v) is 1.44. The van der Waals surface area contributed by atoms with Crippen LogP contribution in [-0.2, 0) is 0 Å². The van der Waals surface area contributed by atoms with Crippen molar-refractivity contribution in [3.8, 4) is 11.5 Å². The smallest absolute Gasteiger partial charge is 0.371 e. The third kappa shape index (κ3) is 1.54. The molecule has 1 aromatic heterocycles. The second kappa shape index (κ2) is 3.73. The molecule has 0 fully saturated rings. The largest absolute Gasteiger partial charge is 0.493 e. The Bertz CT molecular complexity index is 506. The molecular weight excluding hydrogens is 212 g/mol. The van der Waals surface area contributed by atoms with Crippen molar-refractivity contribution in [1.82, 2.24) is 9.97 Å². The van der Waals surface area contributed by atoms with Gasteiger partial charge in [-0.25, -0.2) is 9.78 Å². The molecule has 2 aromatic rings. The molecule has 2 rings (SSSR count). The number of aromatic nitrogens is 2. The second-order valence-electron chi connectivity index (χ2n) is 3.11. The summed E-state index contributed by atoms with van der Waals surface area (Å²) in [6.45, 7) is 0. The van der Waals surface area contributed by atoms with E-state index in [0.29, 0.717) is 22.5 Å². The molecule has 2 N–H and O–H groups in total. The van der Waals surface area contributed by atoms with Crippen molar-refractivity contribution in [2.24, 2.45) is 0 Å². The lowest BCUT2D eigenvalue weighted by molar-refractivity contribution is 0.0685. The maximum Gasteiger partial charge on any atom is 0.371 e. The molecule has 6 nitrogen and oxygen atoms in total. The van der Waals surface area contributed by atoms with Crippen molar-refractivity contribution in [3.05, 3.63) is 18.0 Å². The van der Waals surface area contributed by atoms with Crippen molar-refractivity contribution in [2.45, 2.75) is 0 Å². The number of imidazole rings is 1. The van der Waals surface area contributed by atoms with E-state index in [1.165, 1.54) is 14.2 Å². The highest BCUT2D eigenvalue weighted by Crippen LogP contribution is 2.30. The van der Waals surface area contributed by atoms with E-state index in [1.54, 1.807) is 12.1 Å². The molecule has 0 aliphatic heterocycles. The number of fused-ring (bicyclic) bond motifs is 1. The van der Waals surface area contributed by atoms with Gasteiger partial charge in [0.25, 0.3) is 0 Å². The topological polar surface area (TPSA) is 84.4 Å². The Kier molecular flexibility index (Phi) is 2.40. The lowest BCUT2D eigenvalue weighted by Gasteiger charge is -2.06. The Labute approximate surface area is 90.8 Å². The van der Waals surface area contributed by atoms with Crippen LogP contribution < -0.4 is 9.47 Å². The van der Waals surface area contributed by atoms with Crippen LogP contribution in [-0.4, -0.2) is 35.3 Å². The third-order valence-corrected chi connectivity index (χ3v) is 2.19. The van der Waals surface area contributed by atoms with Gasteiger partial charge < -0.3 is 19.6 Å². The zero-order valence-corrected chi connectivity index (χ0v) is 8.77. The molecule has 0 saturated carbocycles. The Morgan fingerprint density at radius 1 is 1.31 bits per heavy atom. The number of methoxy groups -OCH3 is 2. The zero-order chi connectivity index (χ0) is 11.7. The summed E-state index contributed by atoms with van der Waals surface area (Å²) >= 11 is 0. The van der Waals surface area contributed by atoms with E-state index < -0.39 is 5.97 Å². The predicted molar refractivity (Wildman–Crippen MR) is 56.2 cm³/mol. The highest BCUT2D eigenvalue weighted by atomic mass is 16.5. The minimum absolute atomic E-state index is 0.106. The molecule has 84 valence electrons. The zero-order valence-electron chi connectivity index (χ0n) is 8.77. The van der Waals surface area contributed by atoms with E-state index in [2.05, 4.69) is 9.97 Å².